The van der Waals surface area contributed by atoms with Gasteiger partial charge in [0.2, 0.25) is 6.41 Å². The Balaban J connectivity index is 3.34. The van der Waals surface area contributed by atoms with Crippen LogP contribution in [0.25, 0.3) is 0 Å². The zero-order valence-corrected chi connectivity index (χ0v) is 11.9. The van der Waals surface area contributed by atoms with E-state index in [1.165, 1.54) is 4.90 Å². The van der Waals surface area contributed by atoms with E-state index in [1.54, 1.807) is 0 Å². The molecule has 0 heterocycles. The van der Waals surface area contributed by atoms with Crippen LogP contribution in [0.3, 0.4) is 0 Å². The molecular weight excluding hydrogens is 242 g/mol. The van der Waals surface area contributed by atoms with Crippen molar-refractivity contribution in [2.45, 2.75) is 40.2 Å². The molecule has 0 radical (unpaired) electrons. The van der Waals surface area contributed by atoms with Gasteiger partial charge in [-0.25, -0.2) is 4.79 Å². The molecule has 1 aromatic rings. The lowest BCUT2D eigenvalue weighted by Gasteiger charge is -2.27. The molecule has 4 heteroatoms. The molecule has 1 atom stereocenters. The molecule has 1 unspecified atom stereocenters. The number of carboxylic acids is 1. The SMILES string of the molecule is CCCN(C=O)C(C(=O)O)c1c(C)cc(C)cc1C. The van der Waals surface area contributed by atoms with Crippen molar-refractivity contribution < 1.29 is 14.7 Å². The fourth-order valence-electron chi connectivity index (χ4n) is 2.55. The summed E-state index contributed by atoms with van der Waals surface area (Å²) in [5.41, 5.74) is 3.63. The number of nitrogens with zero attached hydrogens (tertiary/aromatic N) is 1. The fourth-order valence-corrected chi connectivity index (χ4v) is 2.55. The number of aliphatic carboxylic acids is 1. The molecular formula is C15H21NO3. The van der Waals surface area contributed by atoms with Gasteiger partial charge in [0, 0.05) is 6.54 Å². The first-order valence-corrected chi connectivity index (χ1v) is 6.44. The quantitative estimate of drug-likeness (QED) is 0.803. The number of carboxylic acid groups (broad SMARTS) is 1. The molecule has 0 saturated heterocycles. The highest BCUT2D eigenvalue weighted by Crippen LogP contribution is 2.28. The predicted molar refractivity (Wildman–Crippen MR) is 74.1 cm³/mol. The highest BCUT2D eigenvalue weighted by atomic mass is 16.4. The standard InChI is InChI=1S/C15H21NO3/c1-5-6-16(9-17)14(15(18)19)13-11(3)7-10(2)8-12(13)4/h7-9,14H,5-6H2,1-4H3,(H,18,19). The number of carbonyl (C=O) groups excluding carboxylic acids is 1. The maximum atomic E-state index is 11.6. The number of carbonyl (C=O) groups is 2. The van der Waals surface area contributed by atoms with Gasteiger partial charge in [-0.3, -0.25) is 4.79 Å². The topological polar surface area (TPSA) is 57.6 Å². The van der Waals surface area contributed by atoms with E-state index < -0.39 is 12.0 Å². The largest absolute Gasteiger partial charge is 0.479 e. The lowest BCUT2D eigenvalue weighted by Crippen LogP contribution is -2.34. The summed E-state index contributed by atoms with van der Waals surface area (Å²) in [4.78, 5) is 24.1. The average molecular weight is 263 g/mol. The number of rotatable bonds is 6. The summed E-state index contributed by atoms with van der Waals surface area (Å²) in [6.45, 7) is 8.11. The first-order valence-electron chi connectivity index (χ1n) is 6.44. The summed E-state index contributed by atoms with van der Waals surface area (Å²) in [6, 6.07) is 3.00. The molecule has 1 N–H and O–H groups in total. The minimum atomic E-state index is -0.990. The minimum absolute atomic E-state index is 0.438. The smallest absolute Gasteiger partial charge is 0.331 e. The Labute approximate surface area is 114 Å². The zero-order chi connectivity index (χ0) is 14.6. The van der Waals surface area contributed by atoms with Gasteiger partial charge in [-0.1, -0.05) is 24.6 Å². The second kappa shape index (κ2) is 6.36. The van der Waals surface area contributed by atoms with Crippen LogP contribution >= 0.6 is 0 Å². The molecule has 104 valence electrons. The summed E-state index contributed by atoms with van der Waals surface area (Å²) in [5, 5.41) is 9.47. The molecule has 1 aromatic carbocycles. The molecule has 0 saturated carbocycles. The normalized spacial score (nSPS) is 12.0. The molecule has 0 spiro atoms. The highest BCUT2D eigenvalue weighted by molar-refractivity contribution is 5.79. The van der Waals surface area contributed by atoms with E-state index in [4.69, 9.17) is 0 Å². The first kappa shape index (κ1) is 15.2. The van der Waals surface area contributed by atoms with Crippen molar-refractivity contribution in [1.82, 2.24) is 4.90 Å². The summed E-state index contributed by atoms with van der Waals surface area (Å²) >= 11 is 0. The predicted octanol–water partition coefficient (Wildman–Crippen LogP) is 2.61. The Bertz CT molecular complexity index is 459. The summed E-state index contributed by atoms with van der Waals surface area (Å²) in [7, 11) is 0. The maximum absolute atomic E-state index is 11.6. The molecule has 1 rings (SSSR count). The van der Waals surface area contributed by atoms with Gasteiger partial charge in [0.1, 0.15) is 0 Å². The third kappa shape index (κ3) is 3.34. The van der Waals surface area contributed by atoms with Crippen LogP contribution in [0.5, 0.6) is 0 Å². The number of amides is 1. The van der Waals surface area contributed by atoms with Gasteiger partial charge in [-0.05, 0) is 43.9 Å². The molecule has 1 amide bonds. The summed E-state index contributed by atoms with van der Waals surface area (Å²) in [5.74, 6) is -0.990. The lowest BCUT2D eigenvalue weighted by atomic mass is 9.93. The molecule has 0 aliphatic rings. The van der Waals surface area contributed by atoms with Crippen LogP contribution in [0, 0.1) is 20.8 Å². The molecule has 0 fully saturated rings. The van der Waals surface area contributed by atoms with Crippen molar-refractivity contribution in [1.29, 1.82) is 0 Å². The number of aryl methyl sites for hydroxylation is 3. The Morgan fingerprint density at radius 2 is 1.84 bits per heavy atom. The molecule has 0 aromatic heterocycles. The monoisotopic (exact) mass is 263 g/mol. The van der Waals surface area contributed by atoms with Crippen molar-refractivity contribution in [2.24, 2.45) is 0 Å². The first-order chi connectivity index (χ1) is 8.92. The van der Waals surface area contributed by atoms with E-state index in [0.29, 0.717) is 13.0 Å². The van der Waals surface area contributed by atoms with Crippen molar-refractivity contribution in [3.8, 4) is 0 Å². The Kier molecular flexibility index (Phi) is 5.10. The third-order valence-electron chi connectivity index (χ3n) is 3.19. The van der Waals surface area contributed by atoms with Crippen molar-refractivity contribution in [3.05, 3.63) is 34.4 Å². The average Bonchev–Trinajstić information content (AvgIpc) is 2.30. The van der Waals surface area contributed by atoms with Gasteiger partial charge in [0.25, 0.3) is 0 Å². The zero-order valence-electron chi connectivity index (χ0n) is 11.9. The van der Waals surface area contributed by atoms with Crippen LogP contribution in [0.1, 0.15) is 41.6 Å². The van der Waals surface area contributed by atoms with E-state index >= 15 is 0 Å². The fraction of sp³-hybridized carbons (Fsp3) is 0.467. The Morgan fingerprint density at radius 1 is 1.32 bits per heavy atom. The number of hydrogen-bond donors (Lipinski definition) is 1. The Morgan fingerprint density at radius 3 is 2.21 bits per heavy atom. The molecule has 0 aliphatic heterocycles. The van der Waals surface area contributed by atoms with Crippen LogP contribution in [-0.2, 0) is 9.59 Å². The van der Waals surface area contributed by atoms with Crippen molar-refractivity contribution >= 4 is 12.4 Å². The van der Waals surface area contributed by atoms with Gasteiger partial charge in [-0.2, -0.15) is 0 Å². The van der Waals surface area contributed by atoms with Gasteiger partial charge in [0.15, 0.2) is 6.04 Å². The Hall–Kier alpha value is -1.84. The van der Waals surface area contributed by atoms with Gasteiger partial charge in [0.05, 0.1) is 0 Å². The van der Waals surface area contributed by atoms with E-state index in [-0.39, 0.29) is 0 Å². The maximum Gasteiger partial charge on any atom is 0.331 e. The summed E-state index contributed by atoms with van der Waals surface area (Å²) < 4.78 is 0. The van der Waals surface area contributed by atoms with E-state index in [9.17, 15) is 14.7 Å². The lowest BCUT2D eigenvalue weighted by molar-refractivity contribution is -0.146. The van der Waals surface area contributed by atoms with Crippen molar-refractivity contribution in [3.63, 3.8) is 0 Å². The van der Waals surface area contributed by atoms with Gasteiger partial charge in [-0.15, -0.1) is 0 Å². The second-order valence-corrected chi connectivity index (χ2v) is 4.90. The molecule has 0 aliphatic carbocycles. The second-order valence-electron chi connectivity index (χ2n) is 4.90. The van der Waals surface area contributed by atoms with Crippen LogP contribution < -0.4 is 0 Å². The van der Waals surface area contributed by atoms with Gasteiger partial charge < -0.3 is 10.0 Å². The molecule has 19 heavy (non-hydrogen) atoms. The third-order valence-corrected chi connectivity index (χ3v) is 3.19. The number of hydrogen-bond acceptors (Lipinski definition) is 2. The number of benzene rings is 1. The van der Waals surface area contributed by atoms with E-state index in [2.05, 4.69) is 0 Å². The molecule has 0 bridgehead atoms. The minimum Gasteiger partial charge on any atom is -0.479 e. The van der Waals surface area contributed by atoms with Crippen LogP contribution in [0.4, 0.5) is 0 Å². The van der Waals surface area contributed by atoms with Crippen molar-refractivity contribution in [2.75, 3.05) is 6.54 Å². The van der Waals surface area contributed by atoms with E-state index in [1.807, 2.05) is 39.8 Å². The van der Waals surface area contributed by atoms with Crippen LogP contribution in [-0.4, -0.2) is 28.9 Å². The van der Waals surface area contributed by atoms with Crippen LogP contribution in [0.15, 0.2) is 12.1 Å². The van der Waals surface area contributed by atoms with Crippen LogP contribution in [0.2, 0.25) is 0 Å². The highest BCUT2D eigenvalue weighted by Gasteiger charge is 2.28. The van der Waals surface area contributed by atoms with Gasteiger partial charge >= 0.3 is 5.97 Å². The van der Waals surface area contributed by atoms with E-state index in [0.717, 1.165) is 28.7 Å². The summed E-state index contributed by atoms with van der Waals surface area (Å²) in [6.07, 6.45) is 1.35. The molecule has 4 nitrogen and oxygen atoms in total.